The molecule has 142 valence electrons. The van der Waals surface area contributed by atoms with Crippen molar-refractivity contribution in [3.8, 4) is 0 Å². The van der Waals surface area contributed by atoms with E-state index < -0.39 is 0 Å². The summed E-state index contributed by atoms with van der Waals surface area (Å²) < 4.78 is 0. The second kappa shape index (κ2) is 7.91. The molecule has 5 nitrogen and oxygen atoms in total. The molecule has 1 N–H and O–H groups in total. The predicted molar refractivity (Wildman–Crippen MR) is 110 cm³/mol. The van der Waals surface area contributed by atoms with Crippen molar-refractivity contribution in [2.75, 3.05) is 11.4 Å². The van der Waals surface area contributed by atoms with Gasteiger partial charge < -0.3 is 4.90 Å². The summed E-state index contributed by atoms with van der Waals surface area (Å²) in [6.07, 6.45) is 5.53. The number of nitrogens with zero attached hydrogens (tertiary/aromatic N) is 3. The van der Waals surface area contributed by atoms with Gasteiger partial charge >= 0.3 is 0 Å². The fourth-order valence-corrected chi connectivity index (χ4v) is 3.96. The van der Waals surface area contributed by atoms with E-state index in [-0.39, 0.29) is 11.4 Å². The minimum atomic E-state index is -0.311. The number of benzene rings is 1. The van der Waals surface area contributed by atoms with Gasteiger partial charge in [0.2, 0.25) is 0 Å². The predicted octanol–water partition coefficient (Wildman–Crippen LogP) is 4.35. The van der Waals surface area contributed by atoms with Gasteiger partial charge in [-0.1, -0.05) is 26.0 Å². The number of amides is 1. The molecular weight excluding hydrogens is 336 g/mol. The average molecular weight is 364 g/mol. The van der Waals surface area contributed by atoms with Crippen LogP contribution in [0.15, 0.2) is 47.7 Å². The molecule has 3 rings (SSSR count). The van der Waals surface area contributed by atoms with Crippen molar-refractivity contribution in [3.05, 3.63) is 59.4 Å². The summed E-state index contributed by atoms with van der Waals surface area (Å²) in [4.78, 5) is 18.6. The minimum Gasteiger partial charge on any atom is -0.366 e. The first-order valence-electron chi connectivity index (χ1n) is 9.58. The molecule has 1 unspecified atom stereocenters. The third-order valence-electron chi connectivity index (χ3n) is 5.13. The average Bonchev–Trinajstić information content (AvgIpc) is 2.65. The van der Waals surface area contributed by atoms with Crippen molar-refractivity contribution < 1.29 is 4.79 Å². The number of nitrogens with one attached hydrogen (secondary N) is 1. The van der Waals surface area contributed by atoms with Crippen LogP contribution in [0.1, 0.15) is 68.1 Å². The Labute approximate surface area is 161 Å². The van der Waals surface area contributed by atoms with Crippen LogP contribution in [0.25, 0.3) is 0 Å². The molecular formula is C22H28N4O. The number of anilines is 1. The zero-order valence-corrected chi connectivity index (χ0v) is 16.6. The fourth-order valence-electron chi connectivity index (χ4n) is 3.96. The number of hydrazone groups is 1. The van der Waals surface area contributed by atoms with E-state index in [1.54, 1.807) is 30.6 Å². The van der Waals surface area contributed by atoms with E-state index in [0.717, 1.165) is 24.9 Å². The molecule has 5 heteroatoms. The Morgan fingerprint density at radius 3 is 2.89 bits per heavy atom. The molecule has 1 amide bonds. The Kier molecular flexibility index (Phi) is 5.59. The fraction of sp³-hybridized carbons (Fsp3) is 0.409. The van der Waals surface area contributed by atoms with Crippen molar-refractivity contribution >= 4 is 17.8 Å². The SMILES string of the molecule is CCCN1c2ccc(/C=N\NC(=O)c3ccccn3)cc2C(C)CC1(C)C. The van der Waals surface area contributed by atoms with Crippen molar-refractivity contribution in [2.45, 2.75) is 52.0 Å². The van der Waals surface area contributed by atoms with Gasteiger partial charge in [0, 0.05) is 24.0 Å². The van der Waals surface area contributed by atoms with Crippen LogP contribution in [0.2, 0.25) is 0 Å². The standard InChI is InChI=1S/C22H28N4O/c1-5-12-26-20-10-9-17(13-18(20)16(2)14-22(26,3)4)15-24-25-21(27)19-8-6-7-11-23-19/h6-11,13,15-16H,5,12,14H2,1-4H3,(H,25,27)/b24-15-. The summed E-state index contributed by atoms with van der Waals surface area (Å²) in [5.41, 5.74) is 6.70. The van der Waals surface area contributed by atoms with E-state index in [0.29, 0.717) is 11.6 Å². The lowest BCUT2D eigenvalue weighted by atomic mass is 9.79. The van der Waals surface area contributed by atoms with Gasteiger partial charge in [0.05, 0.1) is 6.21 Å². The molecule has 0 saturated heterocycles. The van der Waals surface area contributed by atoms with Crippen LogP contribution in [0.3, 0.4) is 0 Å². The molecule has 0 spiro atoms. The highest BCUT2D eigenvalue weighted by atomic mass is 16.2. The lowest BCUT2D eigenvalue weighted by molar-refractivity contribution is 0.0950. The quantitative estimate of drug-likeness (QED) is 0.634. The number of aromatic nitrogens is 1. The van der Waals surface area contributed by atoms with Gasteiger partial charge in [0.15, 0.2) is 0 Å². The van der Waals surface area contributed by atoms with Crippen molar-refractivity contribution in [2.24, 2.45) is 5.10 Å². The van der Waals surface area contributed by atoms with E-state index in [1.807, 2.05) is 0 Å². The zero-order valence-electron chi connectivity index (χ0n) is 16.6. The Bertz CT molecular complexity index is 829. The Balaban J connectivity index is 1.77. The first-order chi connectivity index (χ1) is 12.9. The topological polar surface area (TPSA) is 57.6 Å². The van der Waals surface area contributed by atoms with E-state index in [2.05, 4.69) is 66.3 Å². The lowest BCUT2D eigenvalue weighted by Gasteiger charge is -2.47. The van der Waals surface area contributed by atoms with Gasteiger partial charge in [-0.05, 0) is 68.0 Å². The van der Waals surface area contributed by atoms with Crippen molar-refractivity contribution in [1.82, 2.24) is 10.4 Å². The second-order valence-electron chi connectivity index (χ2n) is 7.80. The third kappa shape index (κ3) is 4.18. The first-order valence-corrected chi connectivity index (χ1v) is 9.58. The molecule has 2 heterocycles. The van der Waals surface area contributed by atoms with Gasteiger partial charge in [-0.15, -0.1) is 0 Å². The van der Waals surface area contributed by atoms with Gasteiger partial charge in [-0.3, -0.25) is 9.78 Å². The molecule has 1 aliphatic heterocycles. The molecule has 1 atom stereocenters. The summed E-state index contributed by atoms with van der Waals surface area (Å²) in [5, 5.41) is 4.10. The largest absolute Gasteiger partial charge is 0.366 e. The molecule has 1 aliphatic rings. The number of fused-ring (bicyclic) bond motifs is 1. The number of pyridine rings is 1. The van der Waals surface area contributed by atoms with E-state index >= 15 is 0 Å². The van der Waals surface area contributed by atoms with E-state index in [9.17, 15) is 4.79 Å². The smallest absolute Gasteiger partial charge is 0.289 e. The number of hydrogen-bond acceptors (Lipinski definition) is 4. The molecule has 1 aromatic carbocycles. The molecule has 0 fully saturated rings. The second-order valence-corrected chi connectivity index (χ2v) is 7.80. The van der Waals surface area contributed by atoms with Gasteiger partial charge in [0.25, 0.3) is 5.91 Å². The highest BCUT2D eigenvalue weighted by Crippen LogP contribution is 2.43. The summed E-state index contributed by atoms with van der Waals surface area (Å²) >= 11 is 0. The van der Waals surface area contributed by atoms with E-state index in [4.69, 9.17) is 0 Å². The lowest BCUT2D eigenvalue weighted by Crippen LogP contribution is -2.48. The monoisotopic (exact) mass is 364 g/mol. The maximum Gasteiger partial charge on any atom is 0.289 e. The number of carbonyl (C=O) groups excluding carboxylic acids is 1. The molecule has 1 aromatic heterocycles. The molecule has 27 heavy (non-hydrogen) atoms. The molecule has 2 aromatic rings. The Hall–Kier alpha value is -2.69. The summed E-state index contributed by atoms with van der Waals surface area (Å²) in [6.45, 7) is 10.2. The highest BCUT2D eigenvalue weighted by molar-refractivity contribution is 5.93. The van der Waals surface area contributed by atoms with Crippen LogP contribution in [-0.4, -0.2) is 29.2 Å². The molecule has 0 radical (unpaired) electrons. The van der Waals surface area contributed by atoms with Gasteiger partial charge in [-0.2, -0.15) is 5.10 Å². The first kappa shape index (κ1) is 19.1. The maximum atomic E-state index is 12.0. The number of carbonyl (C=O) groups is 1. The minimum absolute atomic E-state index is 0.161. The summed E-state index contributed by atoms with van der Waals surface area (Å²) in [6, 6.07) is 11.7. The molecule has 0 aliphatic carbocycles. The normalized spacial score (nSPS) is 18.4. The number of hydrogen-bond donors (Lipinski definition) is 1. The summed E-state index contributed by atoms with van der Waals surface area (Å²) in [5.74, 6) is 0.175. The van der Waals surface area contributed by atoms with Crippen LogP contribution in [0.5, 0.6) is 0 Å². The van der Waals surface area contributed by atoms with Crippen molar-refractivity contribution in [3.63, 3.8) is 0 Å². The Morgan fingerprint density at radius 1 is 1.37 bits per heavy atom. The van der Waals surface area contributed by atoms with Crippen LogP contribution in [-0.2, 0) is 0 Å². The molecule has 0 saturated carbocycles. The van der Waals surface area contributed by atoms with Gasteiger partial charge in [-0.25, -0.2) is 5.43 Å². The molecule has 0 bridgehead atoms. The summed E-state index contributed by atoms with van der Waals surface area (Å²) in [7, 11) is 0. The zero-order chi connectivity index (χ0) is 19.4. The van der Waals surface area contributed by atoms with Crippen LogP contribution < -0.4 is 10.3 Å². The maximum absolute atomic E-state index is 12.0. The van der Waals surface area contributed by atoms with Crippen LogP contribution in [0, 0.1) is 0 Å². The van der Waals surface area contributed by atoms with Crippen molar-refractivity contribution in [1.29, 1.82) is 0 Å². The highest BCUT2D eigenvalue weighted by Gasteiger charge is 2.35. The van der Waals surface area contributed by atoms with Gasteiger partial charge in [0.1, 0.15) is 5.69 Å². The number of rotatable bonds is 5. The Morgan fingerprint density at radius 2 is 2.19 bits per heavy atom. The van der Waals surface area contributed by atoms with Crippen LogP contribution >= 0.6 is 0 Å². The third-order valence-corrected chi connectivity index (χ3v) is 5.13. The van der Waals surface area contributed by atoms with E-state index in [1.165, 1.54) is 11.3 Å². The van der Waals surface area contributed by atoms with Crippen LogP contribution in [0.4, 0.5) is 5.69 Å².